The average Bonchev–Trinajstić information content (AvgIpc) is 2.60. The lowest BCUT2D eigenvalue weighted by Gasteiger charge is -2.19. The van der Waals surface area contributed by atoms with E-state index in [4.69, 9.17) is 14.3 Å². The quantitative estimate of drug-likeness (QED) is 0.550. The van der Waals surface area contributed by atoms with Gasteiger partial charge in [-0.3, -0.25) is 4.84 Å². The Bertz CT molecular complexity index is 576. The van der Waals surface area contributed by atoms with Crippen molar-refractivity contribution in [3.05, 3.63) is 65.7 Å². The van der Waals surface area contributed by atoms with E-state index in [-0.39, 0.29) is 19.4 Å². The van der Waals surface area contributed by atoms with Crippen LogP contribution >= 0.6 is 0 Å². The number of ether oxygens (including phenoxy) is 2. The van der Waals surface area contributed by atoms with Gasteiger partial charge in [-0.25, -0.2) is 0 Å². The first-order valence-electron chi connectivity index (χ1n) is 7.53. The second kappa shape index (κ2) is 9.27. The lowest BCUT2D eigenvalue weighted by Crippen LogP contribution is -2.23. The summed E-state index contributed by atoms with van der Waals surface area (Å²) in [6.45, 7) is 2.32. The van der Waals surface area contributed by atoms with Crippen LogP contribution in [0.4, 0.5) is 0 Å². The summed E-state index contributed by atoms with van der Waals surface area (Å²) in [6.07, 6.45) is -0.670. The Morgan fingerprint density at radius 2 is 1.74 bits per heavy atom. The molecule has 0 radical (unpaired) electrons. The van der Waals surface area contributed by atoms with Gasteiger partial charge in [-0.2, -0.15) is 5.48 Å². The Labute approximate surface area is 136 Å². The summed E-state index contributed by atoms with van der Waals surface area (Å²) >= 11 is 0. The summed E-state index contributed by atoms with van der Waals surface area (Å²) in [5.41, 5.74) is 4.72. The molecule has 0 aliphatic carbocycles. The molecular formula is C18H23NO4. The zero-order chi connectivity index (χ0) is 16.5. The van der Waals surface area contributed by atoms with Crippen LogP contribution < -0.4 is 10.2 Å². The van der Waals surface area contributed by atoms with E-state index in [2.05, 4.69) is 5.48 Å². The Balaban J connectivity index is 1.86. The van der Waals surface area contributed by atoms with Crippen molar-refractivity contribution in [2.75, 3.05) is 20.5 Å². The largest absolute Gasteiger partial charge is 0.467 e. The first-order chi connectivity index (χ1) is 11.2. The highest BCUT2D eigenvalue weighted by Gasteiger charge is 2.13. The molecule has 23 heavy (non-hydrogen) atoms. The lowest BCUT2D eigenvalue weighted by molar-refractivity contribution is -0.0347. The SMILES string of the molecule is COCOc1ccccc1[C@@H](C)NOC[C@H](O)c1ccccc1. The first-order valence-corrected chi connectivity index (χ1v) is 7.53. The first kappa shape index (κ1) is 17.4. The van der Waals surface area contributed by atoms with E-state index >= 15 is 0 Å². The molecule has 0 spiro atoms. The number of hydroxylamine groups is 1. The van der Waals surface area contributed by atoms with Crippen LogP contribution in [0.5, 0.6) is 5.75 Å². The number of benzene rings is 2. The van der Waals surface area contributed by atoms with Crippen LogP contribution in [0.15, 0.2) is 54.6 Å². The highest BCUT2D eigenvalue weighted by atomic mass is 16.7. The molecular weight excluding hydrogens is 294 g/mol. The fourth-order valence-electron chi connectivity index (χ4n) is 2.18. The lowest BCUT2D eigenvalue weighted by atomic mass is 10.1. The van der Waals surface area contributed by atoms with Gasteiger partial charge < -0.3 is 14.6 Å². The van der Waals surface area contributed by atoms with E-state index in [1.54, 1.807) is 7.11 Å². The molecule has 2 N–H and O–H groups in total. The molecule has 2 aromatic carbocycles. The molecule has 2 atom stereocenters. The van der Waals surface area contributed by atoms with Gasteiger partial charge in [0.2, 0.25) is 0 Å². The fraction of sp³-hybridized carbons (Fsp3) is 0.333. The predicted octanol–water partition coefficient (Wildman–Crippen LogP) is 2.99. The van der Waals surface area contributed by atoms with Crippen molar-refractivity contribution in [2.24, 2.45) is 0 Å². The third kappa shape index (κ3) is 5.33. The third-order valence-corrected chi connectivity index (χ3v) is 3.40. The summed E-state index contributed by atoms with van der Waals surface area (Å²) in [5, 5.41) is 10.1. The molecule has 124 valence electrons. The summed E-state index contributed by atoms with van der Waals surface area (Å²) in [6, 6.07) is 17.0. The van der Waals surface area contributed by atoms with Gasteiger partial charge in [0.25, 0.3) is 0 Å². The van der Waals surface area contributed by atoms with Crippen molar-refractivity contribution < 1.29 is 19.4 Å². The van der Waals surface area contributed by atoms with Gasteiger partial charge >= 0.3 is 0 Å². The summed E-state index contributed by atoms with van der Waals surface area (Å²) in [4.78, 5) is 5.44. The van der Waals surface area contributed by atoms with E-state index < -0.39 is 6.10 Å². The van der Waals surface area contributed by atoms with Crippen molar-refractivity contribution in [1.82, 2.24) is 5.48 Å². The van der Waals surface area contributed by atoms with Gasteiger partial charge in [0.1, 0.15) is 11.9 Å². The summed E-state index contributed by atoms with van der Waals surface area (Å²) in [7, 11) is 1.58. The van der Waals surface area contributed by atoms with Gasteiger partial charge in [-0.1, -0.05) is 48.5 Å². The van der Waals surface area contributed by atoms with Gasteiger partial charge in [0.15, 0.2) is 6.79 Å². The summed E-state index contributed by atoms with van der Waals surface area (Å²) < 4.78 is 10.5. The topological polar surface area (TPSA) is 60.0 Å². The maximum absolute atomic E-state index is 10.1. The van der Waals surface area contributed by atoms with Crippen LogP contribution in [-0.2, 0) is 9.57 Å². The molecule has 0 heterocycles. The molecule has 5 nitrogen and oxygen atoms in total. The molecule has 2 aromatic rings. The number of nitrogens with one attached hydrogen (secondary N) is 1. The van der Waals surface area contributed by atoms with Crippen molar-refractivity contribution in [3.63, 3.8) is 0 Å². The number of methoxy groups -OCH3 is 1. The van der Waals surface area contributed by atoms with Crippen LogP contribution in [0.3, 0.4) is 0 Å². The second-order valence-corrected chi connectivity index (χ2v) is 5.17. The van der Waals surface area contributed by atoms with E-state index in [0.29, 0.717) is 0 Å². The molecule has 0 aromatic heterocycles. The molecule has 0 fully saturated rings. The van der Waals surface area contributed by atoms with E-state index in [1.165, 1.54) is 0 Å². The number of aliphatic hydroxyl groups excluding tert-OH is 1. The van der Waals surface area contributed by atoms with Gasteiger partial charge in [-0.05, 0) is 18.6 Å². The number of rotatable bonds is 9. The Hall–Kier alpha value is -1.92. The minimum absolute atomic E-state index is 0.0916. The van der Waals surface area contributed by atoms with Crippen molar-refractivity contribution in [2.45, 2.75) is 19.1 Å². The van der Waals surface area contributed by atoms with Gasteiger partial charge in [0, 0.05) is 12.7 Å². The number of aliphatic hydroxyl groups is 1. The standard InChI is InChI=1S/C18H23NO4/c1-14(16-10-6-7-11-18(16)22-13-21-2)19-23-12-17(20)15-8-4-3-5-9-15/h3-11,14,17,19-20H,12-13H2,1-2H3/t14-,17+/m1/s1. The maximum Gasteiger partial charge on any atom is 0.188 e. The molecule has 0 aliphatic heterocycles. The van der Waals surface area contributed by atoms with Gasteiger partial charge in [-0.15, -0.1) is 0 Å². The monoisotopic (exact) mass is 317 g/mol. The van der Waals surface area contributed by atoms with Crippen molar-refractivity contribution in [1.29, 1.82) is 0 Å². The predicted molar refractivity (Wildman–Crippen MR) is 87.9 cm³/mol. The maximum atomic E-state index is 10.1. The smallest absolute Gasteiger partial charge is 0.188 e. The second-order valence-electron chi connectivity index (χ2n) is 5.17. The zero-order valence-corrected chi connectivity index (χ0v) is 13.4. The molecule has 5 heteroatoms. The molecule has 0 bridgehead atoms. The molecule has 0 unspecified atom stereocenters. The van der Waals surface area contributed by atoms with Gasteiger partial charge in [0.05, 0.1) is 12.6 Å². The Morgan fingerprint density at radius 1 is 1.04 bits per heavy atom. The minimum atomic E-state index is -0.670. The number of para-hydroxylation sites is 1. The third-order valence-electron chi connectivity index (χ3n) is 3.40. The molecule has 0 aliphatic rings. The van der Waals surface area contributed by atoms with Crippen LogP contribution in [0.25, 0.3) is 0 Å². The molecule has 0 saturated heterocycles. The summed E-state index contributed by atoms with van der Waals surface area (Å²) in [5.74, 6) is 0.738. The average molecular weight is 317 g/mol. The highest BCUT2D eigenvalue weighted by molar-refractivity contribution is 5.35. The molecule has 0 amide bonds. The van der Waals surface area contributed by atoms with E-state index in [9.17, 15) is 5.11 Å². The molecule has 0 saturated carbocycles. The van der Waals surface area contributed by atoms with E-state index in [0.717, 1.165) is 16.9 Å². The van der Waals surface area contributed by atoms with Crippen molar-refractivity contribution >= 4 is 0 Å². The number of hydrogen-bond acceptors (Lipinski definition) is 5. The van der Waals surface area contributed by atoms with Crippen LogP contribution in [-0.4, -0.2) is 25.6 Å². The number of hydrogen-bond donors (Lipinski definition) is 2. The fourth-order valence-corrected chi connectivity index (χ4v) is 2.18. The highest BCUT2D eigenvalue weighted by Crippen LogP contribution is 2.25. The van der Waals surface area contributed by atoms with E-state index in [1.807, 2.05) is 61.5 Å². The molecule has 2 rings (SSSR count). The van der Waals surface area contributed by atoms with Crippen LogP contribution in [0.2, 0.25) is 0 Å². The minimum Gasteiger partial charge on any atom is -0.467 e. The normalized spacial score (nSPS) is 13.5. The Kier molecular flexibility index (Phi) is 7.03. The Morgan fingerprint density at radius 3 is 2.48 bits per heavy atom. The van der Waals surface area contributed by atoms with Crippen LogP contribution in [0.1, 0.15) is 30.2 Å². The van der Waals surface area contributed by atoms with Crippen molar-refractivity contribution in [3.8, 4) is 5.75 Å². The zero-order valence-electron chi connectivity index (χ0n) is 13.4. The van der Waals surface area contributed by atoms with Crippen LogP contribution in [0, 0.1) is 0 Å².